The van der Waals surface area contributed by atoms with E-state index in [4.69, 9.17) is 9.82 Å². The highest BCUT2D eigenvalue weighted by atomic mass is 32.1. The van der Waals surface area contributed by atoms with E-state index in [-0.39, 0.29) is 11.5 Å². The molecule has 3 nitrogen and oxygen atoms in total. The Morgan fingerprint density at radius 2 is 1.70 bits per heavy atom. The first kappa shape index (κ1) is 23.7. The average Bonchev–Trinajstić information content (AvgIpc) is 3.34. The average molecular weight is 461 g/mol. The van der Waals surface area contributed by atoms with Gasteiger partial charge in [-0.1, -0.05) is 69.2 Å². The van der Waals surface area contributed by atoms with Crippen molar-refractivity contribution in [2.75, 3.05) is 0 Å². The lowest BCUT2D eigenvalue weighted by molar-refractivity contribution is 0.0863. The van der Waals surface area contributed by atoms with Gasteiger partial charge in [-0.15, -0.1) is 11.3 Å². The van der Waals surface area contributed by atoms with Crippen LogP contribution in [-0.2, 0) is 17.7 Å². The molecule has 0 spiro atoms. The highest BCUT2D eigenvalue weighted by Crippen LogP contribution is 2.38. The van der Waals surface area contributed by atoms with Crippen LogP contribution in [0.4, 0.5) is 0 Å². The summed E-state index contributed by atoms with van der Waals surface area (Å²) in [6.07, 6.45) is 4.51. The van der Waals surface area contributed by atoms with Crippen molar-refractivity contribution in [3.05, 3.63) is 75.2 Å². The molecule has 0 aliphatic heterocycles. The molecule has 1 aromatic heterocycles. The lowest BCUT2D eigenvalue weighted by atomic mass is 9.82. The van der Waals surface area contributed by atoms with Crippen LogP contribution < -0.4 is 0 Å². The second-order valence-electron chi connectivity index (χ2n) is 10.5. The Labute approximate surface area is 202 Å². The molecular formula is C29H36N2OS. The molecule has 0 fully saturated rings. The van der Waals surface area contributed by atoms with Crippen molar-refractivity contribution in [3.63, 3.8) is 0 Å². The number of rotatable bonds is 9. The summed E-state index contributed by atoms with van der Waals surface area (Å²) < 4.78 is 0. The molecule has 33 heavy (non-hydrogen) atoms. The Bertz CT molecular complexity index is 1140. The summed E-state index contributed by atoms with van der Waals surface area (Å²) in [5, 5.41) is 8.03. The predicted octanol–water partition coefficient (Wildman–Crippen LogP) is 8.02. The van der Waals surface area contributed by atoms with Crippen LogP contribution in [0.15, 0.2) is 53.0 Å². The Balaban J connectivity index is 1.44. The molecule has 2 aromatic carbocycles. The zero-order valence-electron chi connectivity index (χ0n) is 20.8. The van der Waals surface area contributed by atoms with Crippen molar-refractivity contribution in [3.8, 4) is 11.1 Å². The summed E-state index contributed by atoms with van der Waals surface area (Å²) in [4.78, 5) is 10.5. The number of aromatic nitrogens is 1. The standard InChI is InChI=1S/C29H36N2OS/c1-19(2)28-30-22(18-33-28)17-29(5,6)15-9-10-21-13-14-24-23-11-7-8-12-25(23)27(26(24)16-21)31-32-20(3)4/h7-8,11-14,16,18-20H,9-10,15,17H2,1-6H3. The molecule has 0 radical (unpaired) electrons. The highest BCUT2D eigenvalue weighted by Gasteiger charge is 2.26. The van der Waals surface area contributed by atoms with Gasteiger partial charge in [0.15, 0.2) is 0 Å². The SMILES string of the molecule is CC(C)ON=C1c2ccccc2-c2ccc(CCCC(C)(C)Cc3csc(C(C)C)n3)cc21. The minimum absolute atomic E-state index is 0.0634. The monoisotopic (exact) mass is 460 g/mol. The van der Waals surface area contributed by atoms with Crippen LogP contribution in [-0.4, -0.2) is 16.8 Å². The van der Waals surface area contributed by atoms with Gasteiger partial charge >= 0.3 is 0 Å². The second kappa shape index (κ2) is 9.80. The normalized spacial score (nSPS) is 14.2. The van der Waals surface area contributed by atoms with E-state index in [1.54, 1.807) is 11.3 Å². The van der Waals surface area contributed by atoms with Crippen molar-refractivity contribution < 1.29 is 4.84 Å². The third-order valence-corrected chi connectivity index (χ3v) is 7.40. The van der Waals surface area contributed by atoms with Gasteiger partial charge in [0.1, 0.15) is 11.8 Å². The quantitative estimate of drug-likeness (QED) is 0.237. The Morgan fingerprint density at radius 1 is 0.970 bits per heavy atom. The van der Waals surface area contributed by atoms with Crippen molar-refractivity contribution in [2.24, 2.45) is 10.6 Å². The molecule has 1 aliphatic rings. The number of thiazole rings is 1. The van der Waals surface area contributed by atoms with Crippen molar-refractivity contribution in [2.45, 2.75) is 79.2 Å². The van der Waals surface area contributed by atoms with Crippen LogP contribution in [0.2, 0.25) is 0 Å². The van der Waals surface area contributed by atoms with Crippen LogP contribution in [0.25, 0.3) is 11.1 Å². The molecule has 0 unspecified atom stereocenters. The fourth-order valence-corrected chi connectivity index (χ4v) is 5.36. The predicted molar refractivity (Wildman–Crippen MR) is 140 cm³/mol. The number of fused-ring (bicyclic) bond motifs is 3. The van der Waals surface area contributed by atoms with E-state index in [9.17, 15) is 0 Å². The number of aryl methyl sites for hydroxylation is 1. The molecule has 1 aliphatic carbocycles. The molecule has 4 rings (SSSR count). The van der Waals surface area contributed by atoms with Gasteiger partial charge in [-0.3, -0.25) is 0 Å². The second-order valence-corrected chi connectivity index (χ2v) is 11.4. The lowest BCUT2D eigenvalue weighted by Crippen LogP contribution is -2.15. The van der Waals surface area contributed by atoms with E-state index in [2.05, 4.69) is 80.7 Å². The van der Waals surface area contributed by atoms with Gasteiger partial charge < -0.3 is 4.84 Å². The Kier molecular flexibility index (Phi) is 7.04. The molecule has 0 bridgehead atoms. The van der Waals surface area contributed by atoms with E-state index < -0.39 is 0 Å². The van der Waals surface area contributed by atoms with Crippen LogP contribution in [0, 0.1) is 5.41 Å². The minimum atomic E-state index is 0.0634. The fraction of sp³-hybridized carbons (Fsp3) is 0.448. The zero-order valence-corrected chi connectivity index (χ0v) is 21.6. The van der Waals surface area contributed by atoms with E-state index in [0.717, 1.165) is 30.5 Å². The van der Waals surface area contributed by atoms with Crippen LogP contribution in [0.5, 0.6) is 0 Å². The zero-order chi connectivity index (χ0) is 23.6. The molecular weight excluding hydrogens is 424 g/mol. The number of oxime groups is 1. The molecule has 3 aromatic rings. The highest BCUT2D eigenvalue weighted by molar-refractivity contribution is 7.09. The lowest BCUT2D eigenvalue weighted by Gasteiger charge is -2.23. The maximum Gasteiger partial charge on any atom is 0.122 e. The first-order chi connectivity index (χ1) is 15.7. The molecule has 0 saturated heterocycles. The number of hydrogen-bond acceptors (Lipinski definition) is 4. The first-order valence-electron chi connectivity index (χ1n) is 12.1. The van der Waals surface area contributed by atoms with Crippen molar-refractivity contribution >= 4 is 17.0 Å². The van der Waals surface area contributed by atoms with Gasteiger partial charge in [0.05, 0.1) is 10.7 Å². The summed E-state index contributed by atoms with van der Waals surface area (Å²) in [6.45, 7) is 13.2. The summed E-state index contributed by atoms with van der Waals surface area (Å²) >= 11 is 1.80. The smallest absolute Gasteiger partial charge is 0.122 e. The van der Waals surface area contributed by atoms with E-state index >= 15 is 0 Å². The van der Waals surface area contributed by atoms with E-state index in [1.165, 1.54) is 39.4 Å². The molecule has 0 N–H and O–H groups in total. The van der Waals surface area contributed by atoms with Crippen molar-refractivity contribution in [1.82, 2.24) is 4.98 Å². The Morgan fingerprint density at radius 3 is 2.39 bits per heavy atom. The van der Waals surface area contributed by atoms with Gasteiger partial charge in [-0.2, -0.15) is 0 Å². The third-order valence-electron chi connectivity index (χ3n) is 6.21. The Hall–Kier alpha value is -2.46. The van der Waals surface area contributed by atoms with Gasteiger partial charge in [-0.25, -0.2) is 4.98 Å². The molecule has 0 saturated carbocycles. The molecule has 0 amide bonds. The third kappa shape index (κ3) is 5.55. The van der Waals surface area contributed by atoms with Crippen LogP contribution >= 0.6 is 11.3 Å². The van der Waals surface area contributed by atoms with Gasteiger partial charge in [0, 0.05) is 22.4 Å². The maximum atomic E-state index is 5.66. The molecule has 4 heteroatoms. The largest absolute Gasteiger partial charge is 0.393 e. The topological polar surface area (TPSA) is 34.5 Å². The molecule has 174 valence electrons. The van der Waals surface area contributed by atoms with Crippen molar-refractivity contribution in [1.29, 1.82) is 0 Å². The first-order valence-corrected chi connectivity index (χ1v) is 13.0. The number of hydrogen-bond donors (Lipinski definition) is 0. The van der Waals surface area contributed by atoms with Gasteiger partial charge in [0.2, 0.25) is 0 Å². The fourth-order valence-electron chi connectivity index (χ4n) is 4.52. The summed E-state index contributed by atoms with van der Waals surface area (Å²) in [5.41, 5.74) is 8.67. The number of benzene rings is 2. The van der Waals surface area contributed by atoms with E-state index in [0.29, 0.717) is 5.92 Å². The maximum absolute atomic E-state index is 5.66. The number of nitrogens with zero attached hydrogens (tertiary/aromatic N) is 2. The summed E-state index contributed by atoms with van der Waals surface area (Å²) in [5.74, 6) is 0.511. The van der Waals surface area contributed by atoms with Gasteiger partial charge in [0.25, 0.3) is 0 Å². The molecule has 0 atom stereocenters. The molecule has 1 heterocycles. The van der Waals surface area contributed by atoms with Crippen LogP contribution in [0.1, 0.15) is 87.7 Å². The summed E-state index contributed by atoms with van der Waals surface area (Å²) in [7, 11) is 0. The van der Waals surface area contributed by atoms with E-state index in [1.807, 2.05) is 13.8 Å². The summed E-state index contributed by atoms with van der Waals surface area (Å²) in [6, 6.07) is 15.3. The van der Waals surface area contributed by atoms with Gasteiger partial charge in [-0.05, 0) is 67.7 Å². The van der Waals surface area contributed by atoms with Crippen LogP contribution in [0.3, 0.4) is 0 Å². The minimum Gasteiger partial charge on any atom is -0.393 e.